The molecule has 9 heteroatoms. The van der Waals surface area contributed by atoms with Gasteiger partial charge in [-0.3, -0.25) is 9.52 Å². The quantitative estimate of drug-likeness (QED) is 0.509. The van der Waals surface area contributed by atoms with Crippen LogP contribution in [0.4, 0.5) is 15.2 Å². The third kappa shape index (κ3) is 5.07. The monoisotopic (exact) mass is 446 g/mol. The number of nitrogens with one attached hydrogen (secondary N) is 1. The summed E-state index contributed by atoms with van der Waals surface area (Å²) in [6, 6.07) is 13.4. The van der Waals surface area contributed by atoms with Gasteiger partial charge >= 0.3 is 0 Å². The molecule has 3 aromatic rings. The number of benzene rings is 2. The van der Waals surface area contributed by atoms with Crippen molar-refractivity contribution in [3.63, 3.8) is 0 Å². The lowest BCUT2D eigenvalue weighted by atomic mass is 10.1. The fourth-order valence-electron chi connectivity index (χ4n) is 2.72. The van der Waals surface area contributed by atoms with Gasteiger partial charge in [0.15, 0.2) is 5.13 Å². The number of carbonyl (C=O) groups excluding carboxylic acids is 1. The van der Waals surface area contributed by atoms with Gasteiger partial charge in [-0.15, -0.1) is 11.3 Å². The Hall–Kier alpha value is -2.60. The molecule has 148 valence electrons. The first-order valence-corrected chi connectivity index (χ1v) is 10.9. The molecule has 0 saturated carbocycles. The van der Waals surface area contributed by atoms with Crippen LogP contribution in [0.15, 0.2) is 42.5 Å². The molecule has 0 atom stereocenters. The zero-order valence-electron chi connectivity index (χ0n) is 15.6. The number of nitrogens with zero attached hydrogens (tertiary/aromatic N) is 3. The van der Waals surface area contributed by atoms with Crippen LogP contribution in [0.25, 0.3) is 0 Å². The minimum Gasteiger partial charge on any atom is -0.313 e. The highest BCUT2D eigenvalue weighted by molar-refractivity contribution is 7.97. The fourth-order valence-corrected chi connectivity index (χ4v) is 4.17. The number of hydrogen-bond acceptors (Lipinski definition) is 6. The third-order valence-corrected chi connectivity index (χ3v) is 5.60. The maximum Gasteiger partial charge on any atom is 0.280 e. The average Bonchev–Trinajstić information content (AvgIpc) is 3.07. The number of aromatic nitrogens is 1. The molecule has 0 radical (unpaired) electrons. The number of halogens is 2. The summed E-state index contributed by atoms with van der Waals surface area (Å²) in [5.41, 5.74) is 2.28. The van der Waals surface area contributed by atoms with E-state index >= 15 is 0 Å². The second-order valence-electron chi connectivity index (χ2n) is 6.06. The Bertz CT molecular complexity index is 1060. The van der Waals surface area contributed by atoms with Gasteiger partial charge in [-0.05, 0) is 55.0 Å². The molecule has 0 bridgehead atoms. The molecule has 0 spiro atoms. The van der Waals surface area contributed by atoms with Crippen molar-refractivity contribution >= 4 is 51.6 Å². The highest BCUT2D eigenvalue weighted by Gasteiger charge is 2.21. The Morgan fingerprint density at radius 2 is 2.07 bits per heavy atom. The largest absolute Gasteiger partial charge is 0.313 e. The predicted octanol–water partition coefficient (Wildman–Crippen LogP) is 5.46. The van der Waals surface area contributed by atoms with Crippen LogP contribution in [0.5, 0.6) is 0 Å². The minimum atomic E-state index is -0.428. The van der Waals surface area contributed by atoms with Crippen LogP contribution in [0, 0.1) is 24.1 Å². The third-order valence-electron chi connectivity index (χ3n) is 4.00. The lowest BCUT2D eigenvalue weighted by molar-refractivity contribution is 0.0980. The van der Waals surface area contributed by atoms with Gasteiger partial charge in [0.05, 0.1) is 18.2 Å². The number of carbonyl (C=O) groups is 1. The van der Waals surface area contributed by atoms with Crippen molar-refractivity contribution in [1.29, 1.82) is 5.26 Å². The molecule has 29 heavy (non-hydrogen) atoms. The van der Waals surface area contributed by atoms with Gasteiger partial charge < -0.3 is 4.90 Å². The summed E-state index contributed by atoms with van der Waals surface area (Å²) in [7, 11) is 0. The summed E-state index contributed by atoms with van der Waals surface area (Å²) in [6.45, 7) is 2.12. The van der Waals surface area contributed by atoms with Gasteiger partial charge in [0.2, 0.25) is 0 Å². The Balaban J connectivity index is 2.04. The normalized spacial score (nSPS) is 10.4. The summed E-state index contributed by atoms with van der Waals surface area (Å²) in [4.78, 5) is 19.4. The van der Waals surface area contributed by atoms with Gasteiger partial charge in [-0.2, -0.15) is 5.26 Å². The smallest absolute Gasteiger partial charge is 0.280 e. The van der Waals surface area contributed by atoms with Crippen molar-refractivity contribution in [2.45, 2.75) is 13.5 Å². The van der Waals surface area contributed by atoms with Crippen molar-refractivity contribution in [2.75, 3.05) is 11.2 Å². The molecule has 0 saturated heterocycles. The molecule has 0 aliphatic heterocycles. The second-order valence-corrected chi connectivity index (χ2v) is 8.29. The van der Waals surface area contributed by atoms with Crippen LogP contribution in [0.1, 0.15) is 26.5 Å². The maximum atomic E-state index is 13.8. The molecule has 0 aliphatic rings. The molecule has 0 fully saturated rings. The first-order valence-electron chi connectivity index (χ1n) is 8.44. The molecule has 2 aromatic carbocycles. The van der Waals surface area contributed by atoms with Crippen LogP contribution in [-0.2, 0) is 6.54 Å². The van der Waals surface area contributed by atoms with E-state index in [0.29, 0.717) is 33.5 Å². The Kier molecular flexibility index (Phi) is 6.75. The topological polar surface area (TPSA) is 69.0 Å². The van der Waals surface area contributed by atoms with Gasteiger partial charge in [-0.25, -0.2) is 9.37 Å². The zero-order valence-corrected chi connectivity index (χ0v) is 18.0. The van der Waals surface area contributed by atoms with E-state index < -0.39 is 5.82 Å². The average molecular weight is 447 g/mol. The van der Waals surface area contributed by atoms with Crippen molar-refractivity contribution in [3.8, 4) is 6.07 Å². The van der Waals surface area contributed by atoms with E-state index in [4.69, 9.17) is 16.9 Å². The van der Waals surface area contributed by atoms with E-state index in [-0.39, 0.29) is 5.91 Å². The number of rotatable bonds is 6. The molecule has 1 amide bonds. The molecule has 1 N–H and O–H groups in total. The van der Waals surface area contributed by atoms with E-state index in [1.807, 2.05) is 11.8 Å². The van der Waals surface area contributed by atoms with Crippen molar-refractivity contribution in [1.82, 2.24) is 9.71 Å². The van der Waals surface area contributed by atoms with Crippen LogP contribution in [0.2, 0.25) is 5.02 Å². The summed E-state index contributed by atoms with van der Waals surface area (Å²) in [5.74, 6) is -0.700. The van der Waals surface area contributed by atoms with Gasteiger partial charge in [0, 0.05) is 21.8 Å². The minimum absolute atomic E-state index is 0.272. The maximum absolute atomic E-state index is 13.8. The molecule has 1 aromatic heterocycles. The predicted molar refractivity (Wildman–Crippen MR) is 116 cm³/mol. The Morgan fingerprint density at radius 1 is 1.34 bits per heavy atom. The Labute approximate surface area is 181 Å². The van der Waals surface area contributed by atoms with E-state index in [1.54, 1.807) is 36.6 Å². The first kappa shape index (κ1) is 21.1. The molecular weight excluding hydrogens is 431 g/mol. The summed E-state index contributed by atoms with van der Waals surface area (Å²) in [6.07, 6.45) is 1.76. The fraction of sp³-hybridized carbons (Fsp3) is 0.150. The number of anilines is 2. The van der Waals surface area contributed by atoms with E-state index in [1.165, 1.54) is 35.4 Å². The van der Waals surface area contributed by atoms with Crippen LogP contribution in [-0.4, -0.2) is 17.1 Å². The highest BCUT2D eigenvalue weighted by atomic mass is 35.5. The summed E-state index contributed by atoms with van der Waals surface area (Å²) < 4.78 is 16.5. The number of hydrogen-bond donors (Lipinski definition) is 1. The van der Waals surface area contributed by atoms with Crippen LogP contribution in [0.3, 0.4) is 0 Å². The van der Waals surface area contributed by atoms with Crippen LogP contribution >= 0.6 is 34.9 Å². The number of thiazole rings is 1. The molecule has 5 nitrogen and oxygen atoms in total. The van der Waals surface area contributed by atoms with Crippen molar-refractivity contribution < 1.29 is 9.18 Å². The van der Waals surface area contributed by atoms with Crippen LogP contribution < -0.4 is 9.62 Å². The van der Waals surface area contributed by atoms with E-state index in [2.05, 4.69) is 15.8 Å². The highest BCUT2D eigenvalue weighted by Crippen LogP contribution is 2.33. The van der Waals surface area contributed by atoms with E-state index in [9.17, 15) is 9.18 Å². The van der Waals surface area contributed by atoms with Gasteiger partial charge in [-0.1, -0.05) is 23.5 Å². The first-order chi connectivity index (χ1) is 13.9. The van der Waals surface area contributed by atoms with Gasteiger partial charge in [0.1, 0.15) is 11.5 Å². The number of amides is 1. The molecular formula is C20H16ClFN4OS2. The molecule has 3 rings (SSSR count). The van der Waals surface area contributed by atoms with Crippen molar-refractivity contribution in [2.24, 2.45) is 0 Å². The summed E-state index contributed by atoms with van der Waals surface area (Å²) in [5, 5.41) is 9.94. The lowest BCUT2D eigenvalue weighted by Gasteiger charge is -2.22. The second kappa shape index (κ2) is 9.27. The molecule has 1 heterocycles. The summed E-state index contributed by atoms with van der Waals surface area (Å²) >= 11 is 8.57. The lowest BCUT2D eigenvalue weighted by Crippen LogP contribution is -2.19. The molecule has 0 unspecified atom stereocenters. The van der Waals surface area contributed by atoms with Gasteiger partial charge in [0.25, 0.3) is 5.91 Å². The SMILES string of the molecule is CSNC(=O)c1nc(N(Cc2cc(F)cc(Cl)c2)c2ccc(C#N)cc2)sc1C. The number of nitriles is 1. The van der Waals surface area contributed by atoms with E-state index in [0.717, 1.165) is 10.6 Å². The van der Waals surface area contributed by atoms with Crippen molar-refractivity contribution in [3.05, 3.63) is 75.0 Å². The number of aryl methyl sites for hydroxylation is 1. The standard InChI is InChI=1S/C20H16ClFN4OS2/c1-12-18(19(27)25-28-2)24-20(29-12)26(17-5-3-13(10-23)4-6-17)11-14-7-15(21)9-16(22)8-14/h3-9H,11H2,1-2H3,(H,25,27). The zero-order chi connectivity index (χ0) is 21.0. The Morgan fingerprint density at radius 3 is 2.69 bits per heavy atom. The molecule has 0 aliphatic carbocycles.